The largest absolute Gasteiger partial charge is 0.508 e. The summed E-state index contributed by atoms with van der Waals surface area (Å²) >= 11 is 0. The van der Waals surface area contributed by atoms with Crippen molar-refractivity contribution in [2.24, 2.45) is 0 Å². The van der Waals surface area contributed by atoms with Gasteiger partial charge in [0.05, 0.1) is 12.2 Å². The van der Waals surface area contributed by atoms with Crippen molar-refractivity contribution in [1.82, 2.24) is 15.1 Å². The summed E-state index contributed by atoms with van der Waals surface area (Å²) in [6.45, 7) is 2.16. The van der Waals surface area contributed by atoms with Crippen LogP contribution in [-0.2, 0) is 17.8 Å². The molecule has 1 aromatic carbocycles. The van der Waals surface area contributed by atoms with Crippen LogP contribution in [0.2, 0.25) is 0 Å². The van der Waals surface area contributed by atoms with Gasteiger partial charge in [0.1, 0.15) is 12.3 Å². The van der Waals surface area contributed by atoms with Gasteiger partial charge in [0.25, 0.3) is 0 Å². The van der Waals surface area contributed by atoms with Crippen LogP contribution in [0.5, 0.6) is 5.75 Å². The smallest absolute Gasteiger partial charge is 0.242 e. The molecule has 0 radical (unpaired) electrons. The molecule has 1 atom stereocenters. The average Bonchev–Trinajstić information content (AvgIpc) is 2.98. The number of nitrogens with zero attached hydrogens (tertiary/aromatic N) is 2. The molecule has 1 aliphatic carbocycles. The molecule has 1 heterocycles. The van der Waals surface area contributed by atoms with Crippen LogP contribution in [0.4, 0.5) is 0 Å². The van der Waals surface area contributed by atoms with Gasteiger partial charge < -0.3 is 10.4 Å². The molecule has 1 aliphatic rings. The van der Waals surface area contributed by atoms with Crippen LogP contribution in [0.1, 0.15) is 29.2 Å². The van der Waals surface area contributed by atoms with Crippen molar-refractivity contribution in [2.45, 2.75) is 32.4 Å². The Bertz CT molecular complexity index is 648. The molecule has 0 aliphatic heterocycles. The van der Waals surface area contributed by atoms with Gasteiger partial charge in [0.2, 0.25) is 5.91 Å². The molecule has 0 fully saturated rings. The molecule has 0 bridgehead atoms. The number of fused-ring (bicyclic) bond motifs is 1. The highest BCUT2D eigenvalue weighted by Gasteiger charge is 2.25. The number of hydrogen-bond donors (Lipinski definition) is 2. The molecule has 1 aromatic heterocycles. The van der Waals surface area contributed by atoms with E-state index in [9.17, 15) is 9.90 Å². The predicted octanol–water partition coefficient (Wildman–Crippen LogP) is 1.70. The van der Waals surface area contributed by atoms with Gasteiger partial charge in [0.15, 0.2) is 0 Å². The second-order valence-electron chi connectivity index (χ2n) is 5.22. The maximum absolute atomic E-state index is 12.0. The Balaban J connectivity index is 1.68. The zero-order chi connectivity index (χ0) is 14.1. The predicted molar refractivity (Wildman–Crippen MR) is 74.3 cm³/mol. The van der Waals surface area contributed by atoms with Gasteiger partial charge in [-0.1, -0.05) is 12.1 Å². The minimum absolute atomic E-state index is 0.0127. The third kappa shape index (κ3) is 2.39. The van der Waals surface area contributed by atoms with Gasteiger partial charge >= 0.3 is 0 Å². The summed E-state index contributed by atoms with van der Waals surface area (Å²) in [7, 11) is 0. The normalized spacial score (nSPS) is 16.9. The van der Waals surface area contributed by atoms with E-state index in [1.807, 2.05) is 25.3 Å². The Morgan fingerprint density at radius 1 is 1.55 bits per heavy atom. The number of phenols is 1. The van der Waals surface area contributed by atoms with E-state index in [-0.39, 0.29) is 18.5 Å². The fourth-order valence-corrected chi connectivity index (χ4v) is 2.73. The van der Waals surface area contributed by atoms with E-state index in [4.69, 9.17) is 0 Å². The molecule has 5 nitrogen and oxygen atoms in total. The van der Waals surface area contributed by atoms with Crippen LogP contribution < -0.4 is 5.32 Å². The maximum Gasteiger partial charge on any atom is 0.242 e. The number of carbonyl (C=O) groups excluding carboxylic acids is 1. The summed E-state index contributed by atoms with van der Waals surface area (Å²) in [5.74, 6) is 0.260. The number of aryl methyl sites for hydroxylation is 1. The van der Waals surface area contributed by atoms with Crippen molar-refractivity contribution >= 4 is 5.91 Å². The van der Waals surface area contributed by atoms with E-state index in [0.717, 1.165) is 29.5 Å². The first-order chi connectivity index (χ1) is 9.63. The molecule has 0 spiro atoms. The molecule has 2 aromatic rings. The first-order valence-electron chi connectivity index (χ1n) is 6.72. The maximum atomic E-state index is 12.0. The number of nitrogens with one attached hydrogen (secondary N) is 1. The van der Waals surface area contributed by atoms with E-state index in [1.165, 1.54) is 0 Å². The van der Waals surface area contributed by atoms with Crippen molar-refractivity contribution in [1.29, 1.82) is 0 Å². The van der Waals surface area contributed by atoms with Crippen LogP contribution in [0, 0.1) is 6.92 Å². The summed E-state index contributed by atoms with van der Waals surface area (Å²) in [5, 5.41) is 16.9. The zero-order valence-corrected chi connectivity index (χ0v) is 11.3. The third-order valence-electron chi connectivity index (χ3n) is 3.65. The lowest BCUT2D eigenvalue weighted by Crippen LogP contribution is -2.30. The summed E-state index contributed by atoms with van der Waals surface area (Å²) in [4.78, 5) is 12.0. The summed E-state index contributed by atoms with van der Waals surface area (Å²) in [6.07, 6.45) is 5.20. The molecule has 104 valence electrons. The Labute approximate surface area is 117 Å². The fraction of sp³-hybridized carbons (Fsp3) is 0.333. The molecular formula is C15H17N3O2. The first-order valence-corrected chi connectivity index (χ1v) is 6.72. The number of hydrogen-bond acceptors (Lipinski definition) is 3. The molecule has 3 rings (SSSR count). The molecule has 1 amide bonds. The van der Waals surface area contributed by atoms with Gasteiger partial charge in [-0.15, -0.1) is 0 Å². The zero-order valence-electron chi connectivity index (χ0n) is 11.3. The minimum atomic E-state index is -0.0608. The van der Waals surface area contributed by atoms with Crippen LogP contribution in [0.25, 0.3) is 0 Å². The molecule has 0 saturated carbocycles. The lowest BCUT2D eigenvalue weighted by Gasteiger charge is -2.14. The van der Waals surface area contributed by atoms with Gasteiger partial charge in [-0.3, -0.25) is 9.48 Å². The Kier molecular flexibility index (Phi) is 3.18. The number of rotatable bonds is 3. The summed E-state index contributed by atoms with van der Waals surface area (Å²) < 4.78 is 1.63. The number of benzene rings is 1. The highest BCUT2D eigenvalue weighted by Crippen LogP contribution is 2.36. The van der Waals surface area contributed by atoms with Crippen molar-refractivity contribution in [3.05, 3.63) is 47.3 Å². The number of aromatic nitrogens is 2. The highest BCUT2D eigenvalue weighted by molar-refractivity contribution is 5.76. The molecule has 0 saturated heterocycles. The van der Waals surface area contributed by atoms with Crippen LogP contribution >= 0.6 is 0 Å². The second-order valence-corrected chi connectivity index (χ2v) is 5.22. The monoisotopic (exact) mass is 271 g/mol. The quantitative estimate of drug-likeness (QED) is 0.893. The van der Waals surface area contributed by atoms with Crippen molar-refractivity contribution in [3.63, 3.8) is 0 Å². The molecular weight excluding hydrogens is 254 g/mol. The number of aromatic hydroxyl groups is 1. The average molecular weight is 271 g/mol. The Morgan fingerprint density at radius 2 is 2.40 bits per heavy atom. The Morgan fingerprint density at radius 3 is 3.15 bits per heavy atom. The minimum Gasteiger partial charge on any atom is -0.508 e. The summed E-state index contributed by atoms with van der Waals surface area (Å²) in [6, 6.07) is 5.46. The van der Waals surface area contributed by atoms with Gasteiger partial charge in [-0.05, 0) is 42.5 Å². The molecule has 5 heteroatoms. The SMILES string of the molecule is Cc1cnn(CC(=O)N[C@H]2CCc3c(O)cccc32)c1. The highest BCUT2D eigenvalue weighted by atomic mass is 16.3. The first kappa shape index (κ1) is 12.7. The summed E-state index contributed by atoms with van der Waals surface area (Å²) in [5.41, 5.74) is 3.01. The third-order valence-corrected chi connectivity index (χ3v) is 3.65. The second kappa shape index (κ2) is 5.00. The molecule has 0 unspecified atom stereocenters. The lowest BCUT2D eigenvalue weighted by atomic mass is 10.1. The van der Waals surface area contributed by atoms with Gasteiger partial charge in [0, 0.05) is 6.20 Å². The number of phenolic OH excluding ortho intramolecular Hbond substituents is 1. The van der Waals surface area contributed by atoms with Crippen LogP contribution in [-0.4, -0.2) is 20.8 Å². The number of amides is 1. The molecule has 20 heavy (non-hydrogen) atoms. The fourth-order valence-electron chi connectivity index (χ4n) is 2.73. The van der Waals surface area contributed by atoms with Crippen LogP contribution in [0.3, 0.4) is 0 Å². The van der Waals surface area contributed by atoms with Gasteiger partial charge in [-0.25, -0.2) is 0 Å². The van der Waals surface area contributed by atoms with Crippen molar-refractivity contribution < 1.29 is 9.90 Å². The van der Waals surface area contributed by atoms with E-state index in [0.29, 0.717) is 5.75 Å². The van der Waals surface area contributed by atoms with E-state index < -0.39 is 0 Å². The van der Waals surface area contributed by atoms with E-state index in [1.54, 1.807) is 16.9 Å². The topological polar surface area (TPSA) is 67.2 Å². The van der Waals surface area contributed by atoms with E-state index in [2.05, 4.69) is 10.4 Å². The lowest BCUT2D eigenvalue weighted by molar-refractivity contribution is -0.122. The molecule has 2 N–H and O–H groups in total. The number of carbonyl (C=O) groups is 1. The Hall–Kier alpha value is -2.30. The van der Waals surface area contributed by atoms with Gasteiger partial charge in [-0.2, -0.15) is 5.10 Å². The standard InChI is InChI=1S/C15H17N3O2/c1-10-7-16-18(8-10)9-15(20)17-13-6-5-12-11(13)3-2-4-14(12)19/h2-4,7-8,13,19H,5-6,9H2,1H3,(H,17,20)/t13-/m0/s1. The van der Waals surface area contributed by atoms with Crippen LogP contribution in [0.15, 0.2) is 30.6 Å². The van der Waals surface area contributed by atoms with Crippen molar-refractivity contribution in [3.8, 4) is 5.75 Å². The van der Waals surface area contributed by atoms with E-state index >= 15 is 0 Å². The van der Waals surface area contributed by atoms with Crippen molar-refractivity contribution in [2.75, 3.05) is 0 Å².